The summed E-state index contributed by atoms with van der Waals surface area (Å²) in [4.78, 5) is 25.1. The first-order valence-electron chi connectivity index (χ1n) is 6.67. The smallest absolute Gasteiger partial charge is 0.290 e. The average molecular weight is 294 g/mol. The number of ether oxygens (including phenoxy) is 1. The number of imide groups is 1. The number of nitrogens with one attached hydrogen (secondary N) is 1. The van der Waals surface area contributed by atoms with Gasteiger partial charge in [-0.2, -0.15) is 0 Å². The molecule has 0 saturated carbocycles. The van der Waals surface area contributed by atoms with Gasteiger partial charge in [0.15, 0.2) is 5.37 Å². The van der Waals surface area contributed by atoms with E-state index in [1.54, 1.807) is 0 Å². The highest BCUT2D eigenvalue weighted by atomic mass is 32.2. The summed E-state index contributed by atoms with van der Waals surface area (Å²) in [5, 5.41) is 2.36. The van der Waals surface area contributed by atoms with Crippen molar-refractivity contribution in [3.8, 4) is 5.75 Å². The second-order valence-corrected chi connectivity index (χ2v) is 5.41. The fraction of sp³-hybridized carbons (Fsp3) is 0.429. The van der Waals surface area contributed by atoms with Crippen LogP contribution in [0.2, 0.25) is 0 Å². The first-order valence-corrected chi connectivity index (χ1v) is 7.55. The molecule has 20 heavy (non-hydrogen) atoms. The lowest BCUT2D eigenvalue weighted by Crippen LogP contribution is -2.34. The minimum absolute atomic E-state index is 0.171. The fourth-order valence-electron chi connectivity index (χ4n) is 1.93. The topological polar surface area (TPSA) is 58.6 Å². The lowest BCUT2D eigenvalue weighted by molar-refractivity contribution is -0.126. The molecule has 108 valence electrons. The molecule has 6 heteroatoms. The zero-order valence-corrected chi connectivity index (χ0v) is 12.4. The van der Waals surface area contributed by atoms with Crippen molar-refractivity contribution in [2.24, 2.45) is 0 Å². The van der Waals surface area contributed by atoms with Crippen LogP contribution in [0, 0.1) is 0 Å². The molecule has 0 bridgehead atoms. The van der Waals surface area contributed by atoms with Crippen molar-refractivity contribution in [2.75, 3.05) is 18.5 Å². The number of rotatable bonds is 6. The highest BCUT2D eigenvalue weighted by Gasteiger charge is 2.38. The Morgan fingerprint density at radius 3 is 2.55 bits per heavy atom. The number of hydrogen-bond donors (Lipinski definition) is 1. The molecule has 2 amide bonds. The third-order valence-corrected chi connectivity index (χ3v) is 3.82. The van der Waals surface area contributed by atoms with Gasteiger partial charge in [-0.3, -0.25) is 14.5 Å². The Hall–Kier alpha value is -1.69. The third kappa shape index (κ3) is 3.25. The van der Waals surface area contributed by atoms with Crippen LogP contribution in [0.4, 0.5) is 10.5 Å². The molecule has 1 heterocycles. The summed E-state index contributed by atoms with van der Waals surface area (Å²) in [6.07, 6.45) is 0.772. The first kappa shape index (κ1) is 14.7. The van der Waals surface area contributed by atoms with Crippen molar-refractivity contribution in [1.29, 1.82) is 0 Å². The van der Waals surface area contributed by atoms with E-state index in [2.05, 4.69) is 5.32 Å². The van der Waals surface area contributed by atoms with Crippen LogP contribution < -0.4 is 10.1 Å². The molecular weight excluding hydrogens is 276 g/mol. The van der Waals surface area contributed by atoms with Gasteiger partial charge < -0.3 is 10.1 Å². The van der Waals surface area contributed by atoms with Crippen molar-refractivity contribution < 1.29 is 14.3 Å². The van der Waals surface area contributed by atoms with E-state index in [4.69, 9.17) is 4.74 Å². The van der Waals surface area contributed by atoms with Crippen LogP contribution in [0.1, 0.15) is 20.3 Å². The predicted molar refractivity (Wildman–Crippen MR) is 80.0 cm³/mol. The van der Waals surface area contributed by atoms with E-state index >= 15 is 0 Å². The number of carbonyl (C=O) groups is 2. The van der Waals surface area contributed by atoms with Gasteiger partial charge in [0.1, 0.15) is 5.75 Å². The second-order valence-electron chi connectivity index (χ2n) is 4.36. The number of thioether (sulfide) groups is 1. The Morgan fingerprint density at radius 1 is 1.25 bits per heavy atom. The molecule has 1 N–H and O–H groups in total. The van der Waals surface area contributed by atoms with E-state index in [1.807, 2.05) is 38.1 Å². The summed E-state index contributed by atoms with van der Waals surface area (Å²) >= 11 is 1.03. The number of nitrogens with zero attached hydrogens (tertiary/aromatic N) is 1. The largest absolute Gasteiger partial charge is 0.494 e. The Labute approximate surface area is 122 Å². The molecular formula is C14H18N2O3S. The molecule has 1 aromatic rings. The van der Waals surface area contributed by atoms with Crippen molar-refractivity contribution >= 4 is 28.6 Å². The molecule has 0 aromatic heterocycles. The number of benzene rings is 1. The molecule has 1 atom stereocenters. The molecule has 1 aromatic carbocycles. The Kier molecular flexibility index (Phi) is 4.89. The van der Waals surface area contributed by atoms with E-state index in [1.165, 1.54) is 4.90 Å². The van der Waals surface area contributed by atoms with Crippen molar-refractivity contribution in [3.05, 3.63) is 24.3 Å². The Bertz CT molecular complexity index is 490. The number of amides is 2. The summed E-state index contributed by atoms with van der Waals surface area (Å²) in [7, 11) is 0. The van der Waals surface area contributed by atoms with Gasteiger partial charge in [0, 0.05) is 12.2 Å². The van der Waals surface area contributed by atoms with Gasteiger partial charge in [0.05, 0.1) is 6.61 Å². The summed E-state index contributed by atoms with van der Waals surface area (Å²) < 4.78 is 5.36. The van der Waals surface area contributed by atoms with Crippen LogP contribution in [0.15, 0.2) is 24.3 Å². The number of hydrogen-bond acceptors (Lipinski definition) is 5. The quantitative estimate of drug-likeness (QED) is 0.874. The molecule has 0 spiro atoms. The SMILES string of the molecule is CCCN1C(=O)S[C@H](Nc2ccc(OCC)cc2)C1=O. The Balaban J connectivity index is 2.00. The van der Waals surface area contributed by atoms with Crippen molar-refractivity contribution in [3.63, 3.8) is 0 Å². The monoisotopic (exact) mass is 294 g/mol. The van der Waals surface area contributed by atoms with Crippen molar-refractivity contribution in [2.45, 2.75) is 25.6 Å². The van der Waals surface area contributed by atoms with Gasteiger partial charge in [-0.25, -0.2) is 0 Å². The first-order chi connectivity index (χ1) is 9.65. The summed E-state index contributed by atoms with van der Waals surface area (Å²) in [5.41, 5.74) is 0.797. The molecule has 2 rings (SSSR count). The van der Waals surface area contributed by atoms with Crippen LogP contribution in [0.3, 0.4) is 0 Å². The summed E-state index contributed by atoms with van der Waals surface area (Å²) in [6.45, 7) is 4.96. The van der Waals surface area contributed by atoms with Crippen LogP contribution in [0.25, 0.3) is 0 Å². The molecule has 1 fully saturated rings. The average Bonchev–Trinajstić information content (AvgIpc) is 2.69. The second kappa shape index (κ2) is 6.65. The van der Waals surface area contributed by atoms with Crippen LogP contribution in [-0.4, -0.2) is 34.6 Å². The van der Waals surface area contributed by atoms with Gasteiger partial charge in [0.25, 0.3) is 11.1 Å². The summed E-state index contributed by atoms with van der Waals surface area (Å²) in [5.74, 6) is 0.614. The Morgan fingerprint density at radius 2 is 1.95 bits per heavy atom. The molecule has 1 saturated heterocycles. The van der Waals surface area contributed by atoms with Gasteiger partial charge in [0.2, 0.25) is 0 Å². The number of carbonyl (C=O) groups excluding carboxylic acids is 2. The van der Waals surface area contributed by atoms with E-state index in [-0.39, 0.29) is 11.1 Å². The highest BCUT2D eigenvalue weighted by Crippen LogP contribution is 2.28. The van der Waals surface area contributed by atoms with Gasteiger partial charge in [-0.1, -0.05) is 6.92 Å². The summed E-state index contributed by atoms with van der Waals surface area (Å²) in [6, 6.07) is 7.35. The standard InChI is InChI=1S/C14H18N2O3S/c1-3-9-16-13(17)12(20-14(16)18)15-10-5-7-11(8-6-10)19-4-2/h5-8,12,15H,3-4,9H2,1-2H3/t12-/m0/s1. The maximum Gasteiger partial charge on any atom is 0.290 e. The molecule has 5 nitrogen and oxygen atoms in total. The van der Waals surface area contributed by atoms with Crippen LogP contribution in [-0.2, 0) is 4.79 Å². The lowest BCUT2D eigenvalue weighted by Gasteiger charge is -2.14. The van der Waals surface area contributed by atoms with Gasteiger partial charge in [-0.15, -0.1) is 0 Å². The predicted octanol–water partition coefficient (Wildman–Crippen LogP) is 2.93. The molecule has 0 unspecified atom stereocenters. The third-order valence-electron chi connectivity index (χ3n) is 2.84. The number of anilines is 1. The fourth-order valence-corrected chi connectivity index (χ4v) is 2.86. The van der Waals surface area contributed by atoms with Gasteiger partial charge in [-0.05, 0) is 49.4 Å². The maximum absolute atomic E-state index is 12.1. The lowest BCUT2D eigenvalue weighted by atomic mass is 10.3. The minimum atomic E-state index is -0.535. The van der Waals surface area contributed by atoms with E-state index < -0.39 is 5.37 Å². The normalized spacial score (nSPS) is 18.5. The highest BCUT2D eigenvalue weighted by molar-refractivity contribution is 8.15. The van der Waals surface area contributed by atoms with E-state index in [0.29, 0.717) is 13.2 Å². The zero-order chi connectivity index (χ0) is 14.5. The minimum Gasteiger partial charge on any atom is -0.494 e. The van der Waals surface area contributed by atoms with Crippen LogP contribution >= 0.6 is 11.8 Å². The molecule has 0 aliphatic carbocycles. The molecule has 0 radical (unpaired) electrons. The molecule has 1 aliphatic rings. The van der Waals surface area contributed by atoms with E-state index in [0.717, 1.165) is 29.6 Å². The zero-order valence-electron chi connectivity index (χ0n) is 11.6. The maximum atomic E-state index is 12.1. The van der Waals surface area contributed by atoms with Crippen molar-refractivity contribution in [1.82, 2.24) is 4.90 Å². The van der Waals surface area contributed by atoms with Gasteiger partial charge >= 0.3 is 0 Å². The molecule has 1 aliphatic heterocycles. The van der Waals surface area contributed by atoms with Crippen LogP contribution in [0.5, 0.6) is 5.75 Å². The van der Waals surface area contributed by atoms with E-state index in [9.17, 15) is 9.59 Å².